The lowest BCUT2D eigenvalue weighted by Gasteiger charge is -2.49. The molecule has 30 heavy (non-hydrogen) atoms. The van der Waals surface area contributed by atoms with E-state index in [-0.39, 0.29) is 22.9 Å². The molecule has 0 bridgehead atoms. The fraction of sp³-hybridized carbons (Fsp3) is 0.375. The van der Waals surface area contributed by atoms with Crippen LogP contribution in [-0.2, 0) is 10.0 Å². The van der Waals surface area contributed by atoms with Gasteiger partial charge in [-0.05, 0) is 58.7 Å². The number of carbonyl (C=O) groups excluding carboxylic acids is 3. The summed E-state index contributed by atoms with van der Waals surface area (Å²) >= 11 is 0. The van der Waals surface area contributed by atoms with Crippen molar-refractivity contribution in [2.24, 2.45) is 5.92 Å². The number of hydrogen-bond acceptors (Lipinski definition) is 5. The highest BCUT2D eigenvalue weighted by Crippen LogP contribution is 2.41. The lowest BCUT2D eigenvalue weighted by Crippen LogP contribution is -2.59. The molecule has 4 rings (SSSR count). The fourth-order valence-electron chi connectivity index (χ4n) is 4.77. The van der Waals surface area contributed by atoms with Crippen molar-refractivity contribution in [3.8, 4) is 5.75 Å². The van der Waals surface area contributed by atoms with E-state index < -0.39 is 23.0 Å². The SMILES string of the molecule is CC1(C)CC(C(=O)Oc2ccc3c(c2)C(=O)c2ccccc2C3=O)CC(C)(C)N1[O]. The van der Waals surface area contributed by atoms with Crippen LogP contribution in [0.15, 0.2) is 42.5 Å². The molecule has 0 N–H and O–H groups in total. The van der Waals surface area contributed by atoms with Gasteiger partial charge in [0.05, 0.1) is 5.92 Å². The van der Waals surface area contributed by atoms with E-state index in [1.165, 1.54) is 18.2 Å². The number of benzene rings is 2. The topological polar surface area (TPSA) is 83.6 Å². The number of esters is 1. The van der Waals surface area contributed by atoms with Crippen LogP contribution in [0.4, 0.5) is 0 Å². The standard InChI is InChI=1S/C24H24NO5/c1-23(2)12-14(13-24(3,4)25(23)29)22(28)30-15-9-10-18-19(11-15)21(27)17-8-6-5-7-16(17)20(18)26/h5-11,14H,12-13H2,1-4H3. The van der Waals surface area contributed by atoms with E-state index in [0.717, 1.165) is 5.06 Å². The summed E-state index contributed by atoms with van der Waals surface area (Å²) < 4.78 is 5.59. The number of fused-ring (bicyclic) bond motifs is 2. The maximum atomic E-state index is 12.9. The van der Waals surface area contributed by atoms with Gasteiger partial charge in [0, 0.05) is 33.3 Å². The van der Waals surface area contributed by atoms with Crippen LogP contribution in [0.3, 0.4) is 0 Å². The summed E-state index contributed by atoms with van der Waals surface area (Å²) in [5.41, 5.74) is -0.0985. The third kappa shape index (κ3) is 3.26. The molecule has 2 aromatic rings. The van der Waals surface area contributed by atoms with Crippen LogP contribution >= 0.6 is 0 Å². The predicted octanol–water partition coefficient (Wildman–Crippen LogP) is 3.98. The minimum Gasteiger partial charge on any atom is -0.426 e. The van der Waals surface area contributed by atoms with E-state index in [1.807, 2.05) is 27.7 Å². The van der Waals surface area contributed by atoms with Gasteiger partial charge in [-0.3, -0.25) is 14.4 Å². The van der Waals surface area contributed by atoms with Crippen LogP contribution in [0, 0.1) is 5.92 Å². The lowest BCUT2D eigenvalue weighted by molar-refractivity contribution is -0.293. The van der Waals surface area contributed by atoms with Crippen molar-refractivity contribution in [1.82, 2.24) is 5.06 Å². The lowest BCUT2D eigenvalue weighted by atomic mass is 9.75. The number of nitrogens with zero attached hydrogens (tertiary/aromatic N) is 1. The third-order valence-corrected chi connectivity index (χ3v) is 6.04. The monoisotopic (exact) mass is 406 g/mol. The smallest absolute Gasteiger partial charge is 0.314 e. The highest BCUT2D eigenvalue weighted by atomic mass is 16.5. The van der Waals surface area contributed by atoms with Gasteiger partial charge >= 0.3 is 5.97 Å². The molecular formula is C24H24NO5. The van der Waals surface area contributed by atoms with E-state index in [4.69, 9.17) is 4.74 Å². The molecule has 1 radical (unpaired) electrons. The van der Waals surface area contributed by atoms with Crippen molar-refractivity contribution < 1.29 is 24.3 Å². The Morgan fingerprint density at radius 3 is 1.93 bits per heavy atom. The number of ether oxygens (including phenoxy) is 1. The molecule has 0 saturated carbocycles. The molecule has 1 fully saturated rings. The molecule has 0 unspecified atom stereocenters. The summed E-state index contributed by atoms with van der Waals surface area (Å²) in [5, 5.41) is 13.6. The zero-order chi connectivity index (χ0) is 21.8. The van der Waals surface area contributed by atoms with E-state index in [9.17, 15) is 19.6 Å². The van der Waals surface area contributed by atoms with Crippen molar-refractivity contribution in [3.05, 3.63) is 64.7 Å². The summed E-state index contributed by atoms with van der Waals surface area (Å²) in [6, 6.07) is 11.2. The molecule has 1 heterocycles. The Morgan fingerprint density at radius 1 is 0.867 bits per heavy atom. The highest BCUT2D eigenvalue weighted by Gasteiger charge is 2.48. The summed E-state index contributed by atoms with van der Waals surface area (Å²) in [6.45, 7) is 7.28. The van der Waals surface area contributed by atoms with Crippen molar-refractivity contribution in [2.45, 2.75) is 51.6 Å². The van der Waals surface area contributed by atoms with Gasteiger partial charge in [0.1, 0.15) is 5.75 Å². The van der Waals surface area contributed by atoms with Crippen molar-refractivity contribution in [1.29, 1.82) is 0 Å². The third-order valence-electron chi connectivity index (χ3n) is 6.04. The van der Waals surface area contributed by atoms with Crippen molar-refractivity contribution >= 4 is 17.5 Å². The summed E-state index contributed by atoms with van der Waals surface area (Å²) in [6.07, 6.45) is 0.767. The minimum atomic E-state index is -0.687. The number of carbonyl (C=O) groups is 3. The molecule has 0 atom stereocenters. The largest absolute Gasteiger partial charge is 0.426 e. The Morgan fingerprint density at radius 2 is 1.37 bits per heavy atom. The zero-order valence-corrected chi connectivity index (χ0v) is 17.5. The average Bonchev–Trinajstić information content (AvgIpc) is 2.69. The molecule has 0 spiro atoms. The first-order valence-corrected chi connectivity index (χ1v) is 10.0. The molecule has 2 aromatic carbocycles. The maximum Gasteiger partial charge on any atom is 0.314 e. The maximum absolute atomic E-state index is 12.9. The molecule has 2 aliphatic rings. The summed E-state index contributed by atoms with van der Waals surface area (Å²) in [4.78, 5) is 38.4. The molecule has 1 aliphatic carbocycles. The number of hydroxylamine groups is 2. The molecule has 0 amide bonds. The van der Waals surface area contributed by atoms with Crippen LogP contribution in [0.1, 0.15) is 72.4 Å². The van der Waals surface area contributed by atoms with Crippen molar-refractivity contribution in [2.75, 3.05) is 0 Å². The Bertz CT molecular complexity index is 1050. The van der Waals surface area contributed by atoms with Crippen LogP contribution in [0.2, 0.25) is 0 Å². The number of rotatable bonds is 2. The molecule has 1 aliphatic heterocycles. The Labute approximate surface area is 175 Å². The van der Waals surface area contributed by atoms with Gasteiger partial charge < -0.3 is 4.74 Å². The molecule has 1 saturated heterocycles. The van der Waals surface area contributed by atoms with E-state index in [2.05, 4.69) is 0 Å². The van der Waals surface area contributed by atoms with E-state index in [1.54, 1.807) is 24.3 Å². The van der Waals surface area contributed by atoms with Gasteiger partial charge in [-0.2, -0.15) is 0 Å². The normalized spacial score (nSPS) is 20.4. The second kappa shape index (κ2) is 6.86. The Kier molecular flexibility index (Phi) is 4.67. The first-order chi connectivity index (χ1) is 14.0. The van der Waals surface area contributed by atoms with Crippen LogP contribution in [0.25, 0.3) is 0 Å². The summed E-state index contributed by atoms with van der Waals surface area (Å²) in [5.74, 6) is -1.13. The first-order valence-electron chi connectivity index (χ1n) is 10.0. The van der Waals surface area contributed by atoms with Gasteiger partial charge in [0.25, 0.3) is 0 Å². The van der Waals surface area contributed by atoms with Crippen LogP contribution in [-0.4, -0.2) is 33.7 Å². The fourth-order valence-corrected chi connectivity index (χ4v) is 4.77. The number of ketones is 2. The van der Waals surface area contributed by atoms with E-state index >= 15 is 0 Å². The Balaban J connectivity index is 1.59. The van der Waals surface area contributed by atoms with Gasteiger partial charge in [0.2, 0.25) is 0 Å². The van der Waals surface area contributed by atoms with Gasteiger partial charge in [-0.15, -0.1) is 10.3 Å². The minimum absolute atomic E-state index is 0.218. The second-order valence-electron chi connectivity index (χ2n) is 9.36. The predicted molar refractivity (Wildman–Crippen MR) is 109 cm³/mol. The second-order valence-corrected chi connectivity index (χ2v) is 9.36. The Hall–Kier alpha value is -2.83. The quantitative estimate of drug-likeness (QED) is 0.475. The molecular weight excluding hydrogens is 382 g/mol. The first kappa shape index (κ1) is 20.4. The van der Waals surface area contributed by atoms with Gasteiger partial charge in [-0.1, -0.05) is 24.3 Å². The molecule has 155 valence electrons. The van der Waals surface area contributed by atoms with E-state index in [0.29, 0.717) is 29.5 Å². The van der Waals surface area contributed by atoms with Crippen molar-refractivity contribution in [3.63, 3.8) is 0 Å². The van der Waals surface area contributed by atoms with Gasteiger partial charge in [0.15, 0.2) is 11.6 Å². The zero-order valence-electron chi connectivity index (χ0n) is 17.5. The average molecular weight is 406 g/mol. The van der Waals surface area contributed by atoms with Crippen LogP contribution < -0.4 is 4.74 Å². The summed E-state index contributed by atoms with van der Waals surface area (Å²) in [7, 11) is 0. The molecule has 0 aromatic heterocycles. The highest BCUT2D eigenvalue weighted by molar-refractivity contribution is 6.28. The van der Waals surface area contributed by atoms with Gasteiger partial charge in [-0.25, -0.2) is 0 Å². The molecule has 6 nitrogen and oxygen atoms in total. The molecule has 6 heteroatoms. The number of piperidine rings is 1. The van der Waals surface area contributed by atoms with Crippen LogP contribution in [0.5, 0.6) is 5.75 Å². The number of hydrogen-bond donors (Lipinski definition) is 0.